The van der Waals surface area contributed by atoms with Gasteiger partial charge in [0.15, 0.2) is 0 Å². The highest BCUT2D eigenvalue weighted by Crippen LogP contribution is 2.05. The third-order valence-corrected chi connectivity index (χ3v) is 2.23. The highest BCUT2D eigenvalue weighted by atomic mass is 16.2. The second kappa shape index (κ2) is 4.57. The van der Waals surface area contributed by atoms with E-state index in [-0.39, 0.29) is 5.91 Å². The number of aryl methyl sites for hydroxylation is 1. The molecule has 0 saturated carbocycles. The molecular weight excluding hydrogens is 200 g/mol. The number of carbonyl (C=O) groups is 1. The summed E-state index contributed by atoms with van der Waals surface area (Å²) >= 11 is 0. The number of hydrogen-bond donors (Lipinski definition) is 0. The summed E-state index contributed by atoms with van der Waals surface area (Å²) in [6, 6.07) is 9.69. The number of carbonyl (C=O) groups excluding carboxylic acids is 1. The molecule has 0 unspecified atom stereocenters. The SMILES string of the molecule is Cc1ccc(/C=C/C(=O)n2cccn2)cc1. The predicted molar refractivity (Wildman–Crippen MR) is 63.1 cm³/mol. The molecule has 0 radical (unpaired) electrons. The van der Waals surface area contributed by atoms with Crippen molar-refractivity contribution in [1.82, 2.24) is 9.78 Å². The van der Waals surface area contributed by atoms with Crippen LogP contribution < -0.4 is 0 Å². The Hall–Kier alpha value is -2.16. The van der Waals surface area contributed by atoms with Gasteiger partial charge in [-0.1, -0.05) is 29.8 Å². The van der Waals surface area contributed by atoms with Crippen molar-refractivity contribution in [2.75, 3.05) is 0 Å². The van der Waals surface area contributed by atoms with E-state index in [1.165, 1.54) is 16.3 Å². The summed E-state index contributed by atoms with van der Waals surface area (Å²) in [4.78, 5) is 11.6. The van der Waals surface area contributed by atoms with Crippen molar-refractivity contribution in [2.45, 2.75) is 6.92 Å². The van der Waals surface area contributed by atoms with Gasteiger partial charge in [0.05, 0.1) is 0 Å². The van der Waals surface area contributed by atoms with Gasteiger partial charge in [-0.3, -0.25) is 4.79 Å². The highest BCUT2D eigenvalue weighted by molar-refractivity contribution is 5.92. The lowest BCUT2D eigenvalue weighted by Crippen LogP contribution is -2.06. The maximum absolute atomic E-state index is 11.6. The Morgan fingerprint density at radius 1 is 1.31 bits per heavy atom. The predicted octanol–water partition coefficient (Wildman–Crippen LogP) is 2.55. The Morgan fingerprint density at radius 2 is 2.06 bits per heavy atom. The van der Waals surface area contributed by atoms with Gasteiger partial charge in [-0.05, 0) is 24.6 Å². The molecule has 2 rings (SSSR count). The molecule has 1 heterocycles. The summed E-state index contributed by atoms with van der Waals surface area (Å²) in [6.45, 7) is 2.03. The van der Waals surface area contributed by atoms with Crippen LogP contribution in [0, 0.1) is 6.92 Å². The number of benzene rings is 1. The van der Waals surface area contributed by atoms with Crippen molar-refractivity contribution >= 4 is 12.0 Å². The number of nitrogens with zero attached hydrogens (tertiary/aromatic N) is 2. The average molecular weight is 212 g/mol. The largest absolute Gasteiger partial charge is 0.270 e. The van der Waals surface area contributed by atoms with Crippen LogP contribution in [0.3, 0.4) is 0 Å². The van der Waals surface area contributed by atoms with Gasteiger partial charge in [0.25, 0.3) is 5.91 Å². The Bertz CT molecular complexity index is 495. The number of rotatable bonds is 2. The van der Waals surface area contributed by atoms with E-state index in [0.29, 0.717) is 0 Å². The van der Waals surface area contributed by atoms with Crippen molar-refractivity contribution < 1.29 is 4.79 Å². The molecule has 3 nitrogen and oxygen atoms in total. The molecule has 0 aliphatic heterocycles. The number of hydrogen-bond acceptors (Lipinski definition) is 2. The fourth-order valence-electron chi connectivity index (χ4n) is 1.32. The van der Waals surface area contributed by atoms with Gasteiger partial charge in [-0.2, -0.15) is 5.10 Å². The van der Waals surface area contributed by atoms with E-state index in [1.54, 1.807) is 24.5 Å². The second-order valence-electron chi connectivity index (χ2n) is 3.53. The van der Waals surface area contributed by atoms with Gasteiger partial charge in [0.1, 0.15) is 0 Å². The Kier molecular flexibility index (Phi) is 2.96. The molecule has 80 valence electrons. The molecular formula is C13H12N2O. The summed E-state index contributed by atoms with van der Waals surface area (Å²) < 4.78 is 1.30. The van der Waals surface area contributed by atoms with E-state index in [9.17, 15) is 4.79 Å². The third kappa shape index (κ3) is 2.45. The smallest absolute Gasteiger partial charge is 0.267 e. The van der Waals surface area contributed by atoms with Crippen LogP contribution in [0.2, 0.25) is 0 Å². The Morgan fingerprint density at radius 3 is 2.69 bits per heavy atom. The topological polar surface area (TPSA) is 34.9 Å². The van der Waals surface area contributed by atoms with Crippen LogP contribution in [-0.2, 0) is 0 Å². The zero-order valence-electron chi connectivity index (χ0n) is 9.00. The van der Waals surface area contributed by atoms with Crippen molar-refractivity contribution in [2.24, 2.45) is 0 Å². The third-order valence-electron chi connectivity index (χ3n) is 2.23. The monoisotopic (exact) mass is 212 g/mol. The van der Waals surface area contributed by atoms with E-state index in [1.807, 2.05) is 31.2 Å². The quantitative estimate of drug-likeness (QED) is 0.717. The fraction of sp³-hybridized carbons (Fsp3) is 0.0769. The van der Waals surface area contributed by atoms with Crippen LogP contribution in [0.15, 0.2) is 48.8 Å². The van der Waals surface area contributed by atoms with Crippen LogP contribution in [0.25, 0.3) is 6.08 Å². The molecule has 1 aromatic carbocycles. The van der Waals surface area contributed by atoms with E-state index >= 15 is 0 Å². The standard InChI is InChI=1S/C13H12N2O/c1-11-3-5-12(6-4-11)7-8-13(16)15-10-2-9-14-15/h2-10H,1H3/b8-7+. The molecule has 0 fully saturated rings. The van der Waals surface area contributed by atoms with Gasteiger partial charge in [0.2, 0.25) is 0 Å². The molecule has 1 aromatic heterocycles. The van der Waals surface area contributed by atoms with Crippen molar-refractivity contribution in [1.29, 1.82) is 0 Å². The zero-order valence-corrected chi connectivity index (χ0v) is 9.00. The first-order chi connectivity index (χ1) is 7.75. The van der Waals surface area contributed by atoms with Crippen LogP contribution >= 0.6 is 0 Å². The fourth-order valence-corrected chi connectivity index (χ4v) is 1.32. The molecule has 0 atom stereocenters. The molecule has 16 heavy (non-hydrogen) atoms. The number of aromatic nitrogens is 2. The van der Waals surface area contributed by atoms with Crippen molar-refractivity contribution in [3.63, 3.8) is 0 Å². The highest BCUT2D eigenvalue weighted by Gasteiger charge is 1.97. The molecule has 3 heteroatoms. The summed E-state index contributed by atoms with van der Waals surface area (Å²) in [5.74, 6) is -0.148. The molecule has 0 bridgehead atoms. The van der Waals surface area contributed by atoms with E-state index in [0.717, 1.165) is 5.56 Å². The summed E-state index contributed by atoms with van der Waals surface area (Å²) in [7, 11) is 0. The van der Waals surface area contributed by atoms with Crippen molar-refractivity contribution in [3.8, 4) is 0 Å². The van der Waals surface area contributed by atoms with Crippen LogP contribution in [-0.4, -0.2) is 15.7 Å². The molecule has 0 spiro atoms. The first-order valence-electron chi connectivity index (χ1n) is 5.04. The summed E-state index contributed by atoms with van der Waals surface area (Å²) in [6.07, 6.45) is 6.50. The Labute approximate surface area is 94.0 Å². The molecule has 0 amide bonds. The molecule has 0 aliphatic carbocycles. The van der Waals surface area contributed by atoms with E-state index < -0.39 is 0 Å². The van der Waals surface area contributed by atoms with Gasteiger partial charge < -0.3 is 0 Å². The van der Waals surface area contributed by atoms with Crippen LogP contribution in [0.1, 0.15) is 15.9 Å². The minimum absolute atomic E-state index is 0.148. The lowest BCUT2D eigenvalue weighted by molar-refractivity contribution is 0.0955. The summed E-state index contributed by atoms with van der Waals surface area (Å²) in [5, 5.41) is 3.86. The zero-order chi connectivity index (χ0) is 11.4. The first-order valence-corrected chi connectivity index (χ1v) is 5.04. The normalized spacial score (nSPS) is 10.8. The molecule has 0 aliphatic rings. The molecule has 2 aromatic rings. The van der Waals surface area contributed by atoms with Crippen LogP contribution in [0.5, 0.6) is 0 Å². The lowest BCUT2D eigenvalue weighted by Gasteiger charge is -1.95. The van der Waals surface area contributed by atoms with Crippen LogP contribution in [0.4, 0.5) is 0 Å². The Balaban J connectivity index is 2.10. The molecule has 0 saturated heterocycles. The maximum Gasteiger partial charge on any atom is 0.270 e. The lowest BCUT2D eigenvalue weighted by atomic mass is 10.1. The maximum atomic E-state index is 11.6. The van der Waals surface area contributed by atoms with Gasteiger partial charge in [-0.25, -0.2) is 4.68 Å². The minimum Gasteiger partial charge on any atom is -0.267 e. The summed E-state index contributed by atoms with van der Waals surface area (Å²) in [5.41, 5.74) is 2.21. The van der Waals surface area contributed by atoms with Crippen molar-refractivity contribution in [3.05, 3.63) is 59.9 Å². The average Bonchev–Trinajstić information content (AvgIpc) is 2.81. The molecule has 0 N–H and O–H groups in total. The second-order valence-corrected chi connectivity index (χ2v) is 3.53. The minimum atomic E-state index is -0.148. The first kappa shape index (κ1) is 10.4. The van der Waals surface area contributed by atoms with E-state index in [4.69, 9.17) is 0 Å². The van der Waals surface area contributed by atoms with Gasteiger partial charge in [-0.15, -0.1) is 0 Å². The van der Waals surface area contributed by atoms with Gasteiger partial charge in [0, 0.05) is 18.5 Å². The van der Waals surface area contributed by atoms with Gasteiger partial charge >= 0.3 is 0 Å². The number of allylic oxidation sites excluding steroid dienone is 1. The van der Waals surface area contributed by atoms with E-state index in [2.05, 4.69) is 5.10 Å².